The summed E-state index contributed by atoms with van der Waals surface area (Å²) in [5.74, 6) is -1.08. The fourth-order valence-corrected chi connectivity index (χ4v) is 4.58. The van der Waals surface area contributed by atoms with Gasteiger partial charge in [0.05, 0.1) is 48.1 Å². The van der Waals surface area contributed by atoms with E-state index in [4.69, 9.17) is 9.84 Å². The highest BCUT2D eigenvalue weighted by Crippen LogP contribution is 2.32. The Morgan fingerprint density at radius 2 is 2.00 bits per heavy atom. The van der Waals surface area contributed by atoms with E-state index in [2.05, 4.69) is 25.4 Å². The SMILES string of the molecule is O=C(O)c1ccc(-n2cc(NC(=O)c3cnn4ccc(N5C[C@H]6C[C@@H]5CO6)nc34)c(C(F)F)n2)cc1. The average Bonchev–Trinajstić information content (AvgIpc) is 3.66. The molecule has 1 aromatic carbocycles. The predicted octanol–water partition coefficient (Wildman–Crippen LogP) is 2.78. The number of carboxylic acid groups (broad SMARTS) is 1. The molecule has 5 heterocycles. The molecule has 0 spiro atoms. The van der Waals surface area contributed by atoms with Gasteiger partial charge in [-0.3, -0.25) is 4.79 Å². The first-order valence-corrected chi connectivity index (χ1v) is 11.1. The molecule has 1 amide bonds. The molecule has 0 aliphatic carbocycles. The number of hydrogen-bond donors (Lipinski definition) is 2. The van der Waals surface area contributed by atoms with E-state index < -0.39 is 24.0 Å². The van der Waals surface area contributed by atoms with Crippen LogP contribution in [0.3, 0.4) is 0 Å². The molecule has 2 saturated heterocycles. The van der Waals surface area contributed by atoms with Gasteiger partial charge < -0.3 is 20.1 Å². The summed E-state index contributed by atoms with van der Waals surface area (Å²) in [6, 6.07) is 7.58. The summed E-state index contributed by atoms with van der Waals surface area (Å²) in [6.45, 7) is 1.34. The fourth-order valence-electron chi connectivity index (χ4n) is 4.58. The summed E-state index contributed by atoms with van der Waals surface area (Å²) in [4.78, 5) is 30.9. The van der Waals surface area contributed by atoms with Crippen LogP contribution in [0.4, 0.5) is 20.3 Å². The minimum Gasteiger partial charge on any atom is -0.478 e. The first-order valence-electron chi connectivity index (χ1n) is 11.1. The van der Waals surface area contributed by atoms with Crippen molar-refractivity contribution in [3.8, 4) is 5.69 Å². The summed E-state index contributed by atoms with van der Waals surface area (Å²) in [6.07, 6.45) is 2.42. The molecule has 0 radical (unpaired) electrons. The lowest BCUT2D eigenvalue weighted by Crippen LogP contribution is -2.37. The van der Waals surface area contributed by atoms with E-state index in [-0.39, 0.29) is 29.0 Å². The Morgan fingerprint density at radius 3 is 2.67 bits per heavy atom. The molecule has 2 atom stereocenters. The van der Waals surface area contributed by atoms with Crippen LogP contribution in [0.15, 0.2) is 48.9 Å². The zero-order chi connectivity index (χ0) is 25.0. The Bertz CT molecular complexity index is 1480. The summed E-state index contributed by atoms with van der Waals surface area (Å²) in [7, 11) is 0. The Hall–Kier alpha value is -4.39. The summed E-state index contributed by atoms with van der Waals surface area (Å²) >= 11 is 0. The summed E-state index contributed by atoms with van der Waals surface area (Å²) < 4.78 is 35.7. The van der Waals surface area contributed by atoms with E-state index in [1.165, 1.54) is 41.2 Å². The van der Waals surface area contributed by atoms with Crippen LogP contribution in [0.5, 0.6) is 0 Å². The normalized spacial score (nSPS) is 18.9. The Labute approximate surface area is 201 Å². The summed E-state index contributed by atoms with van der Waals surface area (Å²) in [5.41, 5.74) is 0.0159. The molecule has 2 bridgehead atoms. The van der Waals surface area contributed by atoms with Gasteiger partial charge in [0.15, 0.2) is 11.3 Å². The molecule has 184 valence electrons. The number of rotatable bonds is 6. The highest BCUT2D eigenvalue weighted by atomic mass is 19.3. The minimum absolute atomic E-state index is 0.0442. The number of carboxylic acids is 1. The largest absolute Gasteiger partial charge is 0.478 e. The van der Waals surface area contributed by atoms with Crippen LogP contribution in [0.2, 0.25) is 0 Å². The first-order chi connectivity index (χ1) is 17.4. The number of carbonyl (C=O) groups excluding carboxylic acids is 1. The van der Waals surface area contributed by atoms with Gasteiger partial charge in [0, 0.05) is 12.7 Å². The smallest absolute Gasteiger partial charge is 0.335 e. The van der Waals surface area contributed by atoms with Gasteiger partial charge in [-0.1, -0.05) is 0 Å². The molecule has 6 rings (SSSR count). The van der Waals surface area contributed by atoms with Crippen molar-refractivity contribution in [2.45, 2.75) is 25.0 Å². The van der Waals surface area contributed by atoms with Crippen molar-refractivity contribution >= 4 is 29.0 Å². The molecule has 0 unspecified atom stereocenters. The van der Waals surface area contributed by atoms with Crippen LogP contribution in [0.1, 0.15) is 39.3 Å². The topological polar surface area (TPSA) is 127 Å². The number of anilines is 2. The highest BCUT2D eigenvalue weighted by Gasteiger charge is 2.39. The third-order valence-corrected chi connectivity index (χ3v) is 6.37. The maximum absolute atomic E-state index is 13.7. The van der Waals surface area contributed by atoms with E-state index in [1.807, 2.05) is 6.07 Å². The van der Waals surface area contributed by atoms with Crippen molar-refractivity contribution in [2.75, 3.05) is 23.4 Å². The zero-order valence-corrected chi connectivity index (χ0v) is 18.6. The maximum Gasteiger partial charge on any atom is 0.335 e. The quantitative estimate of drug-likeness (QED) is 0.418. The number of halogens is 2. The van der Waals surface area contributed by atoms with E-state index in [0.717, 1.165) is 11.1 Å². The zero-order valence-electron chi connectivity index (χ0n) is 18.6. The van der Waals surface area contributed by atoms with E-state index in [9.17, 15) is 18.4 Å². The molecular formula is C23H19F2N7O4. The molecule has 2 aliphatic rings. The second kappa shape index (κ2) is 8.37. The van der Waals surface area contributed by atoms with Crippen molar-refractivity contribution in [2.24, 2.45) is 0 Å². The van der Waals surface area contributed by atoms with Crippen molar-refractivity contribution in [3.05, 3.63) is 65.7 Å². The molecule has 0 saturated carbocycles. The van der Waals surface area contributed by atoms with E-state index in [0.29, 0.717) is 30.3 Å². The third-order valence-electron chi connectivity index (χ3n) is 6.37. The maximum atomic E-state index is 13.7. The van der Waals surface area contributed by atoms with Crippen LogP contribution in [0.25, 0.3) is 11.3 Å². The first kappa shape index (κ1) is 22.1. The standard InChI is InChI=1S/C23H19F2N7O4/c24-20(25)19-17(10-32(29-19)13-3-1-12(2-4-13)23(34)35)27-22(33)16-8-26-31-6-5-18(28-21(16)31)30-9-15-7-14(30)11-36-15/h1-6,8,10,14-15,20H,7,9,11H2,(H,27,33)(H,34,35)/t14-,15-/m1/s1. The second-order valence-electron chi connectivity index (χ2n) is 8.59. The number of fused-ring (bicyclic) bond motifs is 3. The number of benzene rings is 1. The Kier molecular flexibility index (Phi) is 5.14. The van der Waals surface area contributed by atoms with Crippen LogP contribution in [-0.4, -0.2) is 66.7 Å². The van der Waals surface area contributed by atoms with Gasteiger partial charge in [-0.25, -0.2) is 27.8 Å². The van der Waals surface area contributed by atoms with Crippen LogP contribution >= 0.6 is 0 Å². The Morgan fingerprint density at radius 1 is 1.19 bits per heavy atom. The number of hydrogen-bond acceptors (Lipinski definition) is 7. The average molecular weight is 495 g/mol. The highest BCUT2D eigenvalue weighted by molar-refractivity contribution is 6.08. The lowest BCUT2D eigenvalue weighted by atomic mass is 10.2. The molecular weight excluding hydrogens is 476 g/mol. The Balaban J connectivity index is 1.29. The third kappa shape index (κ3) is 3.73. The minimum atomic E-state index is -2.96. The molecule has 4 aromatic rings. The number of nitrogens with one attached hydrogen (secondary N) is 1. The number of aromatic nitrogens is 5. The lowest BCUT2D eigenvalue weighted by Gasteiger charge is -2.27. The molecule has 3 aromatic heterocycles. The van der Waals surface area contributed by atoms with Gasteiger partial charge in [-0.15, -0.1) is 0 Å². The van der Waals surface area contributed by atoms with Gasteiger partial charge in [-0.2, -0.15) is 10.2 Å². The van der Waals surface area contributed by atoms with Crippen LogP contribution in [-0.2, 0) is 4.74 Å². The van der Waals surface area contributed by atoms with Gasteiger partial charge in [0.1, 0.15) is 11.4 Å². The molecule has 2 N–H and O–H groups in total. The molecule has 2 fully saturated rings. The van der Waals surface area contributed by atoms with Crippen molar-refractivity contribution < 1.29 is 28.2 Å². The number of ether oxygens (including phenoxy) is 1. The second-order valence-corrected chi connectivity index (χ2v) is 8.59. The molecule has 36 heavy (non-hydrogen) atoms. The van der Waals surface area contributed by atoms with Gasteiger partial charge >= 0.3 is 5.97 Å². The van der Waals surface area contributed by atoms with Crippen molar-refractivity contribution in [1.82, 2.24) is 24.4 Å². The monoisotopic (exact) mass is 495 g/mol. The van der Waals surface area contributed by atoms with Crippen LogP contribution in [0, 0.1) is 0 Å². The van der Waals surface area contributed by atoms with Gasteiger partial charge in [0.25, 0.3) is 12.3 Å². The van der Waals surface area contributed by atoms with Gasteiger partial charge in [-0.05, 0) is 36.8 Å². The molecule has 11 nitrogen and oxygen atoms in total. The number of nitrogens with zero attached hydrogens (tertiary/aromatic N) is 6. The summed E-state index contributed by atoms with van der Waals surface area (Å²) in [5, 5.41) is 19.6. The van der Waals surface area contributed by atoms with Crippen molar-refractivity contribution in [3.63, 3.8) is 0 Å². The number of aromatic carboxylic acids is 1. The predicted molar refractivity (Wildman–Crippen MR) is 122 cm³/mol. The van der Waals surface area contributed by atoms with Gasteiger partial charge in [0.2, 0.25) is 0 Å². The van der Waals surface area contributed by atoms with E-state index in [1.54, 1.807) is 6.20 Å². The van der Waals surface area contributed by atoms with Crippen LogP contribution < -0.4 is 10.2 Å². The molecule has 2 aliphatic heterocycles. The number of alkyl halides is 2. The van der Waals surface area contributed by atoms with E-state index >= 15 is 0 Å². The number of carbonyl (C=O) groups is 2. The fraction of sp³-hybridized carbons (Fsp3) is 0.261. The lowest BCUT2D eigenvalue weighted by molar-refractivity contribution is 0.0696. The molecule has 13 heteroatoms. The number of amides is 1. The number of morpholine rings is 1. The van der Waals surface area contributed by atoms with Crippen molar-refractivity contribution in [1.29, 1.82) is 0 Å².